The summed E-state index contributed by atoms with van der Waals surface area (Å²) in [5.41, 5.74) is 9.71. The van der Waals surface area contributed by atoms with E-state index in [9.17, 15) is 4.79 Å². The Morgan fingerprint density at radius 1 is 1.37 bits per heavy atom. The highest BCUT2D eigenvalue weighted by molar-refractivity contribution is 7.80. The van der Waals surface area contributed by atoms with Crippen molar-refractivity contribution in [2.75, 3.05) is 18.9 Å². The third kappa shape index (κ3) is 4.77. The molecule has 0 aliphatic rings. The van der Waals surface area contributed by atoms with Crippen LogP contribution in [-0.2, 0) is 17.9 Å². The predicted octanol–water partition coefficient (Wildman–Crippen LogP) is 2.45. The number of amides is 1. The summed E-state index contributed by atoms with van der Waals surface area (Å²) in [7, 11) is 0. The van der Waals surface area contributed by atoms with Crippen molar-refractivity contribution < 1.29 is 13.9 Å². The summed E-state index contributed by atoms with van der Waals surface area (Å²) in [4.78, 5) is 21.0. The Morgan fingerprint density at radius 3 is 2.87 bits per heavy atom. The van der Waals surface area contributed by atoms with Crippen LogP contribution in [0.25, 0.3) is 11.0 Å². The van der Waals surface area contributed by atoms with E-state index in [2.05, 4.69) is 25.2 Å². The fourth-order valence-electron chi connectivity index (χ4n) is 3.15. The molecule has 0 saturated carbocycles. The van der Waals surface area contributed by atoms with Crippen molar-refractivity contribution >= 4 is 40.1 Å². The summed E-state index contributed by atoms with van der Waals surface area (Å²) in [5, 5.41) is 5.89. The molecule has 0 radical (unpaired) electrons. The molecular weight excluding hydrogens is 404 g/mol. The van der Waals surface area contributed by atoms with Gasteiger partial charge in [-0.1, -0.05) is 0 Å². The highest BCUT2D eigenvalue weighted by Crippen LogP contribution is 2.26. The molecule has 0 aliphatic heterocycles. The van der Waals surface area contributed by atoms with Gasteiger partial charge in [-0.2, -0.15) is 0 Å². The Hall–Kier alpha value is -2.98. The third-order valence-corrected chi connectivity index (χ3v) is 4.97. The number of hydrogen-bond donors (Lipinski definition) is 3. The van der Waals surface area contributed by atoms with E-state index in [0.29, 0.717) is 37.6 Å². The molecule has 0 saturated heterocycles. The third-order valence-electron chi connectivity index (χ3n) is 4.73. The number of nitrogens with one attached hydrogen (secondary N) is 2. The number of anilines is 1. The molecule has 3 heterocycles. The van der Waals surface area contributed by atoms with E-state index in [-0.39, 0.29) is 16.8 Å². The Bertz CT molecular complexity index is 1040. The van der Waals surface area contributed by atoms with Crippen molar-refractivity contribution in [1.29, 1.82) is 0 Å². The van der Waals surface area contributed by atoms with E-state index < -0.39 is 0 Å². The number of ether oxygens (including phenoxy) is 1. The number of thiocarbonyl (C=S) groups is 1. The smallest absolute Gasteiger partial charge is 0.293 e. The summed E-state index contributed by atoms with van der Waals surface area (Å²) >= 11 is 5.18. The number of aromatic nitrogens is 3. The molecule has 1 amide bonds. The summed E-state index contributed by atoms with van der Waals surface area (Å²) in [6.45, 7) is 8.15. The van der Waals surface area contributed by atoms with Gasteiger partial charge in [0.2, 0.25) is 0 Å². The molecule has 0 aliphatic carbocycles. The van der Waals surface area contributed by atoms with Gasteiger partial charge in [-0.25, -0.2) is 9.97 Å². The van der Waals surface area contributed by atoms with E-state index in [1.165, 1.54) is 6.26 Å². The monoisotopic (exact) mass is 430 g/mol. The molecule has 4 N–H and O–H groups in total. The number of nitrogens with two attached hydrogens (primary N) is 1. The van der Waals surface area contributed by atoms with Gasteiger partial charge in [0.15, 0.2) is 16.7 Å². The van der Waals surface area contributed by atoms with Crippen LogP contribution in [0.3, 0.4) is 0 Å². The van der Waals surface area contributed by atoms with Crippen molar-refractivity contribution in [1.82, 2.24) is 25.2 Å². The molecule has 3 rings (SSSR count). The topological polar surface area (TPSA) is 120 Å². The molecule has 9 nitrogen and oxygen atoms in total. The fourth-order valence-corrected chi connectivity index (χ4v) is 3.34. The summed E-state index contributed by atoms with van der Waals surface area (Å²) in [5.74, 6) is 1.06. The van der Waals surface area contributed by atoms with Crippen LogP contribution < -0.4 is 16.4 Å². The molecule has 0 bridgehead atoms. The molecule has 0 unspecified atom stereocenters. The number of carbonyl (C=O) groups excluding carboxylic acids is 1. The van der Waals surface area contributed by atoms with E-state index >= 15 is 0 Å². The molecule has 160 valence electrons. The molecule has 0 fully saturated rings. The first kappa shape index (κ1) is 21.7. The molecule has 0 atom stereocenters. The van der Waals surface area contributed by atoms with Crippen LogP contribution in [0.1, 0.15) is 41.0 Å². The number of rotatable bonds is 8. The maximum atomic E-state index is 12.0. The standard InChI is InChI=1S/C20H26N6O3S/c1-4-28-11-15-24-16-17(12(2)13(3)23-18(16)21)26(15)9-6-8-22-20(30)25-19(27)14-7-5-10-29-14/h5,7,10H,4,6,8-9,11H2,1-3H3,(H2,21,23)(H2,22,25,27,30). The van der Waals surface area contributed by atoms with Gasteiger partial charge in [0, 0.05) is 25.4 Å². The Balaban J connectivity index is 1.66. The van der Waals surface area contributed by atoms with E-state index in [1.807, 2.05) is 20.8 Å². The lowest BCUT2D eigenvalue weighted by atomic mass is 10.2. The van der Waals surface area contributed by atoms with Crippen LogP contribution in [-0.4, -0.2) is 38.7 Å². The van der Waals surface area contributed by atoms with Crippen LogP contribution >= 0.6 is 12.2 Å². The summed E-state index contributed by atoms with van der Waals surface area (Å²) < 4.78 is 12.8. The maximum absolute atomic E-state index is 12.0. The number of nitrogen functional groups attached to an aromatic ring is 1. The first-order valence-electron chi connectivity index (χ1n) is 9.74. The second kappa shape index (κ2) is 9.68. The van der Waals surface area contributed by atoms with E-state index in [0.717, 1.165) is 29.0 Å². The Kier molecular flexibility index (Phi) is 7.01. The van der Waals surface area contributed by atoms with Gasteiger partial charge >= 0.3 is 0 Å². The highest BCUT2D eigenvalue weighted by Gasteiger charge is 2.17. The van der Waals surface area contributed by atoms with Crippen molar-refractivity contribution in [3.05, 3.63) is 41.2 Å². The molecule has 3 aromatic heterocycles. The quantitative estimate of drug-likeness (QED) is 0.368. The van der Waals surface area contributed by atoms with Crippen LogP contribution in [0.15, 0.2) is 22.8 Å². The van der Waals surface area contributed by atoms with Gasteiger partial charge in [-0.3, -0.25) is 10.1 Å². The number of nitrogens with zero attached hydrogens (tertiary/aromatic N) is 3. The summed E-state index contributed by atoms with van der Waals surface area (Å²) in [6.07, 6.45) is 2.19. The number of hydrogen-bond acceptors (Lipinski definition) is 7. The Morgan fingerprint density at radius 2 is 2.17 bits per heavy atom. The van der Waals surface area contributed by atoms with Gasteiger partial charge in [0.25, 0.3) is 5.91 Å². The highest BCUT2D eigenvalue weighted by atomic mass is 32.1. The lowest BCUT2D eigenvalue weighted by molar-refractivity contribution is 0.0949. The van der Waals surface area contributed by atoms with Crippen molar-refractivity contribution in [3.8, 4) is 0 Å². The van der Waals surface area contributed by atoms with Gasteiger partial charge < -0.3 is 24.8 Å². The lowest BCUT2D eigenvalue weighted by Crippen LogP contribution is -2.39. The zero-order valence-electron chi connectivity index (χ0n) is 17.3. The van der Waals surface area contributed by atoms with E-state index in [1.54, 1.807) is 12.1 Å². The number of furan rings is 1. The lowest BCUT2D eigenvalue weighted by Gasteiger charge is -2.13. The molecule has 0 spiro atoms. The second-order valence-corrected chi connectivity index (χ2v) is 7.17. The zero-order valence-corrected chi connectivity index (χ0v) is 18.1. The van der Waals surface area contributed by atoms with E-state index in [4.69, 9.17) is 27.1 Å². The maximum Gasteiger partial charge on any atom is 0.293 e. The number of fused-ring (bicyclic) bond motifs is 1. The summed E-state index contributed by atoms with van der Waals surface area (Å²) in [6, 6.07) is 3.22. The normalized spacial score (nSPS) is 11.0. The SMILES string of the molecule is CCOCc1nc2c(N)nc(C)c(C)c2n1CCCNC(=S)NC(=O)c1ccco1. The number of aryl methyl sites for hydroxylation is 3. The van der Waals surface area contributed by atoms with Gasteiger partial charge in [0.1, 0.15) is 17.9 Å². The largest absolute Gasteiger partial charge is 0.459 e. The molecule has 3 aromatic rings. The molecule has 10 heteroatoms. The average molecular weight is 431 g/mol. The van der Waals surface area contributed by atoms with Gasteiger partial charge in [0.05, 0.1) is 11.8 Å². The van der Waals surface area contributed by atoms with Gasteiger partial charge in [-0.05, 0) is 57.1 Å². The first-order valence-corrected chi connectivity index (χ1v) is 10.1. The van der Waals surface area contributed by atoms with Gasteiger partial charge in [-0.15, -0.1) is 0 Å². The number of pyridine rings is 1. The minimum Gasteiger partial charge on any atom is -0.459 e. The minimum atomic E-state index is -0.383. The second-order valence-electron chi connectivity index (χ2n) is 6.76. The van der Waals surface area contributed by atoms with Crippen LogP contribution in [0.5, 0.6) is 0 Å². The fraction of sp³-hybridized carbons (Fsp3) is 0.400. The number of imidazole rings is 1. The average Bonchev–Trinajstić information content (AvgIpc) is 3.36. The Labute approximate surface area is 180 Å². The molecule has 0 aromatic carbocycles. The first-order chi connectivity index (χ1) is 14.4. The van der Waals surface area contributed by atoms with Crippen molar-refractivity contribution in [3.63, 3.8) is 0 Å². The van der Waals surface area contributed by atoms with Crippen LogP contribution in [0.4, 0.5) is 5.82 Å². The molecule has 30 heavy (non-hydrogen) atoms. The minimum absolute atomic E-state index is 0.210. The van der Waals surface area contributed by atoms with Crippen molar-refractivity contribution in [2.45, 2.75) is 40.3 Å². The van der Waals surface area contributed by atoms with Crippen LogP contribution in [0, 0.1) is 13.8 Å². The van der Waals surface area contributed by atoms with Crippen LogP contribution in [0.2, 0.25) is 0 Å². The van der Waals surface area contributed by atoms with Crippen molar-refractivity contribution in [2.24, 2.45) is 0 Å². The molecular formula is C20H26N6O3S. The predicted molar refractivity (Wildman–Crippen MR) is 118 cm³/mol. The zero-order chi connectivity index (χ0) is 21.7. The number of carbonyl (C=O) groups is 1.